The Balaban J connectivity index is 0.000000170. The molecule has 0 spiro atoms. The minimum atomic E-state index is -1.34. The van der Waals surface area contributed by atoms with Gasteiger partial charge in [0, 0.05) is 14.2 Å². The average Bonchev–Trinajstić information content (AvgIpc) is 2.64. The topological polar surface area (TPSA) is 18.5 Å². The molecule has 1 aromatic rings. The normalized spacial score (nSPS) is 18.2. The van der Waals surface area contributed by atoms with Crippen LogP contribution in [0.15, 0.2) is 44.4 Å². The van der Waals surface area contributed by atoms with Crippen LogP contribution in [-0.2, 0) is 9.47 Å². The van der Waals surface area contributed by atoms with Crippen LogP contribution in [0.2, 0.25) is 0 Å². The zero-order chi connectivity index (χ0) is 15.6. The van der Waals surface area contributed by atoms with E-state index in [1.54, 1.807) is 0 Å². The van der Waals surface area contributed by atoms with Crippen LogP contribution in [-0.4, -0.2) is 20.0 Å². The minimum Gasteiger partial charge on any atom is -0.344 e. The van der Waals surface area contributed by atoms with E-state index in [4.69, 9.17) is 55.9 Å². The number of allylic oxidation sites excluding steroid dienone is 2. The van der Waals surface area contributed by atoms with Crippen molar-refractivity contribution in [2.75, 3.05) is 14.2 Å². The standard InChI is InChI=1S/C8H6.C7H6Cl4O2/c1-2-4-8-6-5-7(8)3-1;1-12-7(13-2)5(10)3(8)4(9)6(7)11/h1-6H;1-2H3. The van der Waals surface area contributed by atoms with Crippen LogP contribution in [0, 0.1) is 0 Å². The number of halogens is 4. The zero-order valence-corrected chi connectivity index (χ0v) is 14.3. The van der Waals surface area contributed by atoms with E-state index in [-0.39, 0.29) is 20.1 Å². The predicted molar refractivity (Wildman–Crippen MR) is 89.6 cm³/mol. The summed E-state index contributed by atoms with van der Waals surface area (Å²) in [6, 6.07) is 8.36. The van der Waals surface area contributed by atoms with Gasteiger partial charge < -0.3 is 9.47 Å². The van der Waals surface area contributed by atoms with E-state index in [1.807, 2.05) is 0 Å². The molecule has 0 unspecified atom stereocenters. The molecule has 0 aliphatic heterocycles. The average molecular weight is 366 g/mol. The maximum Gasteiger partial charge on any atom is 0.246 e. The Labute approximate surface area is 143 Å². The van der Waals surface area contributed by atoms with Crippen LogP contribution in [0.3, 0.4) is 0 Å². The molecule has 0 amide bonds. The van der Waals surface area contributed by atoms with Crippen molar-refractivity contribution in [2.24, 2.45) is 0 Å². The SMILES string of the molecule is C1=Cc2ccccc21.COC1(OC)C(Cl)=C(Cl)C(Cl)=C1Cl. The van der Waals surface area contributed by atoms with Crippen LogP contribution in [0.25, 0.3) is 12.2 Å². The van der Waals surface area contributed by atoms with Gasteiger partial charge in [0.25, 0.3) is 0 Å². The van der Waals surface area contributed by atoms with Gasteiger partial charge in [0.15, 0.2) is 0 Å². The number of methoxy groups -OCH3 is 2. The molecule has 0 bridgehead atoms. The molecule has 3 rings (SSSR count). The molecule has 0 atom stereocenters. The van der Waals surface area contributed by atoms with Crippen molar-refractivity contribution in [3.8, 4) is 0 Å². The van der Waals surface area contributed by atoms with Crippen LogP contribution >= 0.6 is 46.4 Å². The lowest BCUT2D eigenvalue weighted by molar-refractivity contribution is -0.138. The molecule has 2 aliphatic rings. The summed E-state index contributed by atoms with van der Waals surface area (Å²) in [7, 11) is 2.79. The second-order valence-corrected chi connectivity index (χ2v) is 5.75. The third kappa shape index (κ3) is 2.89. The first-order valence-corrected chi connectivity index (χ1v) is 7.48. The highest BCUT2D eigenvalue weighted by Gasteiger charge is 2.47. The summed E-state index contributed by atoms with van der Waals surface area (Å²) < 4.78 is 10.1. The van der Waals surface area contributed by atoms with Gasteiger partial charge in [0.05, 0.1) is 10.1 Å². The maximum atomic E-state index is 5.86. The number of rotatable bonds is 2. The minimum absolute atomic E-state index is 0.133. The third-order valence-corrected chi connectivity index (χ3v) is 5.09. The summed E-state index contributed by atoms with van der Waals surface area (Å²) in [5.41, 5.74) is 2.74. The molecule has 112 valence electrons. The number of ether oxygens (including phenoxy) is 2. The first kappa shape index (κ1) is 16.9. The molecule has 0 fully saturated rings. The molecule has 21 heavy (non-hydrogen) atoms. The van der Waals surface area contributed by atoms with Crippen molar-refractivity contribution in [3.63, 3.8) is 0 Å². The van der Waals surface area contributed by atoms with Crippen LogP contribution < -0.4 is 0 Å². The van der Waals surface area contributed by atoms with Gasteiger partial charge in [-0.05, 0) is 11.1 Å². The van der Waals surface area contributed by atoms with E-state index in [1.165, 1.54) is 25.3 Å². The monoisotopic (exact) mass is 364 g/mol. The number of fused-ring (bicyclic) bond motifs is 1. The molecular weight excluding hydrogens is 354 g/mol. The Bertz CT molecular complexity index is 592. The molecular formula is C15H12Cl4O2. The smallest absolute Gasteiger partial charge is 0.246 e. The van der Waals surface area contributed by atoms with Crippen molar-refractivity contribution in [1.82, 2.24) is 0 Å². The summed E-state index contributed by atoms with van der Waals surface area (Å²) in [6.07, 6.45) is 4.24. The zero-order valence-electron chi connectivity index (χ0n) is 11.3. The first-order chi connectivity index (χ1) is 9.97. The molecule has 0 N–H and O–H groups in total. The third-order valence-electron chi connectivity index (χ3n) is 3.17. The Kier molecular flexibility index (Phi) is 5.42. The Morgan fingerprint density at radius 1 is 0.762 bits per heavy atom. The molecule has 2 aliphatic carbocycles. The molecule has 2 nitrogen and oxygen atoms in total. The number of hydrogen-bond acceptors (Lipinski definition) is 2. The molecule has 0 heterocycles. The van der Waals surface area contributed by atoms with E-state index < -0.39 is 5.79 Å². The lowest BCUT2D eigenvalue weighted by atomic mass is 9.99. The van der Waals surface area contributed by atoms with Gasteiger partial charge in [-0.25, -0.2) is 0 Å². The molecule has 1 aromatic carbocycles. The maximum absolute atomic E-state index is 5.86. The molecule has 0 saturated carbocycles. The van der Waals surface area contributed by atoms with Crippen LogP contribution in [0.5, 0.6) is 0 Å². The van der Waals surface area contributed by atoms with E-state index in [0.29, 0.717) is 0 Å². The molecule has 0 radical (unpaired) electrons. The van der Waals surface area contributed by atoms with Gasteiger partial charge in [-0.1, -0.05) is 82.8 Å². The Morgan fingerprint density at radius 3 is 1.33 bits per heavy atom. The summed E-state index contributed by atoms with van der Waals surface area (Å²) in [5.74, 6) is -1.34. The highest BCUT2D eigenvalue weighted by molar-refractivity contribution is 6.53. The van der Waals surface area contributed by atoms with Crippen molar-refractivity contribution in [2.45, 2.75) is 5.79 Å². The largest absolute Gasteiger partial charge is 0.344 e. The summed E-state index contributed by atoms with van der Waals surface area (Å²) in [6.45, 7) is 0. The van der Waals surface area contributed by atoms with E-state index >= 15 is 0 Å². The highest BCUT2D eigenvalue weighted by atomic mass is 35.5. The fourth-order valence-corrected chi connectivity index (χ4v) is 3.19. The van der Waals surface area contributed by atoms with Crippen molar-refractivity contribution in [1.29, 1.82) is 0 Å². The second kappa shape index (κ2) is 6.74. The van der Waals surface area contributed by atoms with Gasteiger partial charge in [-0.2, -0.15) is 0 Å². The molecule has 0 aromatic heterocycles. The van der Waals surface area contributed by atoms with E-state index in [2.05, 4.69) is 36.4 Å². The second-order valence-electron chi connectivity index (χ2n) is 4.24. The fourth-order valence-electron chi connectivity index (χ4n) is 1.92. The van der Waals surface area contributed by atoms with Crippen LogP contribution in [0.4, 0.5) is 0 Å². The molecule has 6 heteroatoms. The van der Waals surface area contributed by atoms with Gasteiger partial charge in [0.1, 0.15) is 10.1 Å². The first-order valence-electron chi connectivity index (χ1n) is 5.97. The quantitative estimate of drug-likeness (QED) is 0.650. The van der Waals surface area contributed by atoms with Crippen molar-refractivity contribution in [3.05, 3.63) is 55.5 Å². The highest BCUT2D eigenvalue weighted by Crippen LogP contribution is 2.49. The van der Waals surface area contributed by atoms with Crippen molar-refractivity contribution < 1.29 is 9.47 Å². The number of benzene rings is 1. The van der Waals surface area contributed by atoms with Gasteiger partial charge in [-0.15, -0.1) is 0 Å². The summed E-state index contributed by atoms with van der Waals surface area (Å²) in [4.78, 5) is 0. The van der Waals surface area contributed by atoms with Gasteiger partial charge in [0.2, 0.25) is 5.79 Å². The summed E-state index contributed by atoms with van der Waals surface area (Å²) in [5, 5.41) is 0.567. The number of hydrogen-bond donors (Lipinski definition) is 0. The van der Waals surface area contributed by atoms with Crippen molar-refractivity contribution >= 4 is 58.6 Å². The van der Waals surface area contributed by atoms with Gasteiger partial charge >= 0.3 is 0 Å². The molecule has 0 saturated heterocycles. The predicted octanol–water partition coefficient (Wildman–Crippen LogP) is 5.54. The van der Waals surface area contributed by atoms with E-state index in [0.717, 1.165) is 0 Å². The Hall–Kier alpha value is -0.480. The summed E-state index contributed by atoms with van der Waals surface area (Å²) >= 11 is 23.3. The van der Waals surface area contributed by atoms with Crippen LogP contribution in [0.1, 0.15) is 11.1 Å². The van der Waals surface area contributed by atoms with Gasteiger partial charge in [-0.3, -0.25) is 0 Å². The lowest BCUT2D eigenvalue weighted by Crippen LogP contribution is -2.33. The fraction of sp³-hybridized carbons (Fsp3) is 0.200. The van der Waals surface area contributed by atoms with E-state index in [9.17, 15) is 0 Å². The Morgan fingerprint density at radius 2 is 1.14 bits per heavy atom. The lowest BCUT2D eigenvalue weighted by Gasteiger charge is -2.26.